The van der Waals surface area contributed by atoms with E-state index in [1.54, 1.807) is 0 Å². The Bertz CT molecular complexity index is 1180. The van der Waals surface area contributed by atoms with Crippen molar-refractivity contribution in [1.82, 2.24) is 20.1 Å². The number of aromatic nitrogens is 4. The molecule has 4 aromatic rings. The molecule has 0 aliphatic rings. The van der Waals surface area contributed by atoms with Crippen LogP contribution in [0.2, 0.25) is 0 Å². The highest BCUT2D eigenvalue weighted by Crippen LogP contribution is 2.30. The van der Waals surface area contributed by atoms with Gasteiger partial charge in [-0.25, -0.2) is 4.98 Å². The van der Waals surface area contributed by atoms with Crippen molar-refractivity contribution in [3.8, 4) is 17.1 Å². The van der Waals surface area contributed by atoms with Crippen molar-refractivity contribution in [2.75, 3.05) is 11.9 Å². The summed E-state index contributed by atoms with van der Waals surface area (Å²) in [5, 5.41) is 3.96. The second kappa shape index (κ2) is 7.93. The molecule has 0 fully saturated rings. The van der Waals surface area contributed by atoms with Crippen molar-refractivity contribution >= 4 is 17.0 Å². The molecule has 0 bridgehead atoms. The SMILES string of the molecule is CC(C)N(C)c1nc2ccc(-c3noc(COc4ccc(C(F)(F)F)cc4)n3)cc2[nH]1. The van der Waals surface area contributed by atoms with Gasteiger partial charge in [0.25, 0.3) is 5.89 Å². The molecule has 31 heavy (non-hydrogen) atoms. The number of imidazole rings is 1. The fourth-order valence-electron chi connectivity index (χ4n) is 2.86. The first-order chi connectivity index (χ1) is 14.7. The van der Waals surface area contributed by atoms with Crippen molar-refractivity contribution < 1.29 is 22.4 Å². The van der Waals surface area contributed by atoms with Crippen LogP contribution in [-0.4, -0.2) is 33.2 Å². The number of aromatic amines is 1. The number of hydrogen-bond donors (Lipinski definition) is 1. The van der Waals surface area contributed by atoms with E-state index in [0.717, 1.165) is 34.7 Å². The van der Waals surface area contributed by atoms with Gasteiger partial charge in [0.2, 0.25) is 11.8 Å². The molecule has 7 nitrogen and oxygen atoms in total. The lowest BCUT2D eigenvalue weighted by atomic mass is 10.2. The lowest BCUT2D eigenvalue weighted by Gasteiger charge is -2.19. The smallest absolute Gasteiger partial charge is 0.416 e. The normalized spacial score (nSPS) is 12.0. The number of halogens is 3. The van der Waals surface area contributed by atoms with Gasteiger partial charge in [0, 0.05) is 18.7 Å². The molecule has 0 saturated heterocycles. The van der Waals surface area contributed by atoms with Gasteiger partial charge in [-0.2, -0.15) is 18.2 Å². The summed E-state index contributed by atoms with van der Waals surface area (Å²) in [5.74, 6) is 1.62. The van der Waals surface area contributed by atoms with Gasteiger partial charge in [0.05, 0.1) is 16.6 Å². The third-order valence-electron chi connectivity index (χ3n) is 4.85. The molecule has 4 rings (SSSR count). The number of H-pyrrole nitrogens is 1. The predicted molar refractivity (Wildman–Crippen MR) is 109 cm³/mol. The molecule has 0 unspecified atom stereocenters. The predicted octanol–water partition coefficient (Wildman–Crippen LogP) is 5.06. The van der Waals surface area contributed by atoms with Gasteiger partial charge < -0.3 is 19.1 Å². The van der Waals surface area contributed by atoms with Crippen molar-refractivity contribution in [3.63, 3.8) is 0 Å². The number of nitrogens with one attached hydrogen (secondary N) is 1. The van der Waals surface area contributed by atoms with E-state index in [4.69, 9.17) is 9.26 Å². The van der Waals surface area contributed by atoms with Gasteiger partial charge in [-0.3, -0.25) is 0 Å². The molecule has 0 amide bonds. The summed E-state index contributed by atoms with van der Waals surface area (Å²) in [7, 11) is 1.96. The van der Waals surface area contributed by atoms with E-state index < -0.39 is 11.7 Å². The summed E-state index contributed by atoms with van der Waals surface area (Å²) in [5.41, 5.74) is 1.66. The Morgan fingerprint density at radius 2 is 1.84 bits per heavy atom. The second-order valence-electron chi connectivity index (χ2n) is 7.32. The molecule has 0 saturated carbocycles. The van der Waals surface area contributed by atoms with Crippen LogP contribution in [-0.2, 0) is 12.8 Å². The first-order valence-corrected chi connectivity index (χ1v) is 9.56. The Kier molecular flexibility index (Phi) is 5.30. The summed E-state index contributed by atoms with van der Waals surface area (Å²) >= 11 is 0. The highest BCUT2D eigenvalue weighted by Gasteiger charge is 2.30. The Balaban J connectivity index is 1.46. The van der Waals surface area contributed by atoms with Crippen LogP contribution in [0.15, 0.2) is 47.0 Å². The summed E-state index contributed by atoms with van der Waals surface area (Å²) in [4.78, 5) is 14.2. The maximum atomic E-state index is 12.6. The van der Waals surface area contributed by atoms with E-state index in [1.165, 1.54) is 12.1 Å². The third-order valence-corrected chi connectivity index (χ3v) is 4.85. The highest BCUT2D eigenvalue weighted by molar-refractivity contribution is 5.82. The molecule has 162 valence electrons. The number of anilines is 1. The standard InChI is InChI=1S/C21H20F3N5O2/c1-12(2)29(3)20-25-16-9-4-13(10-17(16)26-20)19-27-18(31-28-19)11-30-15-7-5-14(6-8-15)21(22,23)24/h4-10,12H,11H2,1-3H3,(H,25,26). The molecule has 2 aromatic carbocycles. The topological polar surface area (TPSA) is 80.1 Å². The molecule has 2 heterocycles. The molecule has 1 N–H and O–H groups in total. The fraction of sp³-hybridized carbons (Fsp3) is 0.286. The molecule has 0 atom stereocenters. The Hall–Kier alpha value is -3.56. The summed E-state index contributed by atoms with van der Waals surface area (Å²) in [6.07, 6.45) is -4.39. The van der Waals surface area contributed by atoms with Crippen molar-refractivity contribution in [1.29, 1.82) is 0 Å². The van der Waals surface area contributed by atoms with Gasteiger partial charge >= 0.3 is 6.18 Å². The van der Waals surface area contributed by atoms with E-state index >= 15 is 0 Å². The van der Waals surface area contributed by atoms with Crippen molar-refractivity contribution in [2.45, 2.75) is 32.7 Å². The Morgan fingerprint density at radius 1 is 1.10 bits per heavy atom. The summed E-state index contributed by atoms with van der Waals surface area (Å²) < 4.78 is 48.5. The number of rotatable bonds is 6. The van der Waals surface area contributed by atoms with Crippen LogP contribution in [0.4, 0.5) is 19.1 Å². The average Bonchev–Trinajstić information content (AvgIpc) is 3.37. The van der Waals surface area contributed by atoms with Gasteiger partial charge in [-0.1, -0.05) is 5.16 Å². The summed E-state index contributed by atoms with van der Waals surface area (Å²) in [6, 6.07) is 10.3. The monoisotopic (exact) mass is 431 g/mol. The third kappa shape index (κ3) is 4.47. The van der Waals surface area contributed by atoms with Crippen molar-refractivity contribution in [2.24, 2.45) is 0 Å². The fourth-order valence-corrected chi connectivity index (χ4v) is 2.86. The van der Waals surface area contributed by atoms with Gasteiger partial charge in [0.15, 0.2) is 6.61 Å². The molecule has 0 aliphatic carbocycles. The number of ether oxygens (including phenoxy) is 1. The van der Waals surface area contributed by atoms with Crippen LogP contribution in [0.25, 0.3) is 22.4 Å². The van der Waals surface area contributed by atoms with Crippen LogP contribution < -0.4 is 9.64 Å². The number of alkyl halides is 3. The minimum atomic E-state index is -4.39. The molecular weight excluding hydrogens is 411 g/mol. The van der Waals surface area contributed by atoms with Crippen LogP contribution in [0.3, 0.4) is 0 Å². The van der Waals surface area contributed by atoms with Crippen LogP contribution >= 0.6 is 0 Å². The molecule has 0 radical (unpaired) electrons. The minimum absolute atomic E-state index is 0.0615. The first kappa shape index (κ1) is 20.7. The lowest BCUT2D eigenvalue weighted by molar-refractivity contribution is -0.137. The highest BCUT2D eigenvalue weighted by atomic mass is 19.4. The first-order valence-electron chi connectivity index (χ1n) is 9.56. The maximum absolute atomic E-state index is 12.6. The van der Waals surface area contributed by atoms with E-state index in [-0.39, 0.29) is 18.2 Å². The average molecular weight is 431 g/mol. The van der Waals surface area contributed by atoms with E-state index in [1.807, 2.05) is 30.1 Å². The van der Waals surface area contributed by atoms with Crippen molar-refractivity contribution in [3.05, 3.63) is 53.9 Å². The molecular formula is C21H20F3N5O2. The quantitative estimate of drug-likeness (QED) is 0.460. The number of hydrogen-bond acceptors (Lipinski definition) is 6. The Labute approximate surface area is 175 Å². The maximum Gasteiger partial charge on any atom is 0.416 e. The number of fused-ring (bicyclic) bond motifs is 1. The second-order valence-corrected chi connectivity index (χ2v) is 7.32. The summed E-state index contributed by atoms with van der Waals surface area (Å²) in [6.45, 7) is 4.09. The molecule has 0 spiro atoms. The zero-order valence-corrected chi connectivity index (χ0v) is 17.1. The van der Waals surface area contributed by atoms with E-state index in [0.29, 0.717) is 11.9 Å². The molecule has 0 aliphatic heterocycles. The van der Waals surface area contributed by atoms with Crippen LogP contribution in [0.1, 0.15) is 25.3 Å². The van der Waals surface area contributed by atoms with Gasteiger partial charge in [-0.15, -0.1) is 0 Å². The minimum Gasteiger partial charge on any atom is -0.484 e. The Morgan fingerprint density at radius 3 is 2.52 bits per heavy atom. The lowest BCUT2D eigenvalue weighted by Crippen LogP contribution is -2.26. The number of nitrogens with zero attached hydrogens (tertiary/aromatic N) is 4. The van der Waals surface area contributed by atoms with Crippen LogP contribution in [0, 0.1) is 0 Å². The zero-order valence-electron chi connectivity index (χ0n) is 17.1. The van der Waals surface area contributed by atoms with Gasteiger partial charge in [0.1, 0.15) is 5.75 Å². The zero-order chi connectivity index (χ0) is 22.2. The van der Waals surface area contributed by atoms with Gasteiger partial charge in [-0.05, 0) is 56.3 Å². The molecule has 2 aromatic heterocycles. The van der Waals surface area contributed by atoms with E-state index in [2.05, 4.69) is 34.0 Å². The van der Waals surface area contributed by atoms with E-state index in [9.17, 15) is 13.2 Å². The molecule has 10 heteroatoms. The van der Waals surface area contributed by atoms with Crippen LogP contribution in [0.5, 0.6) is 5.75 Å². The largest absolute Gasteiger partial charge is 0.484 e. The number of benzene rings is 2.